The van der Waals surface area contributed by atoms with Gasteiger partial charge in [0, 0.05) is 12.8 Å². The summed E-state index contributed by atoms with van der Waals surface area (Å²) in [5.74, 6) is -6.08. The van der Waals surface area contributed by atoms with E-state index in [-0.39, 0.29) is 38.0 Å². The molecule has 4 amide bonds. The van der Waals surface area contributed by atoms with Crippen LogP contribution < -0.4 is 27.4 Å². The predicted octanol–water partition coefficient (Wildman–Crippen LogP) is -2.98. The molecule has 0 aliphatic heterocycles. The highest BCUT2D eigenvalue weighted by atomic mass is 16.4. The number of carbonyl (C=O) groups is 6. The van der Waals surface area contributed by atoms with Gasteiger partial charge >= 0.3 is 11.9 Å². The fraction of sp³-hybridized carbons (Fsp3) is 0.684. The van der Waals surface area contributed by atoms with Crippen molar-refractivity contribution in [1.82, 2.24) is 16.0 Å². The van der Waals surface area contributed by atoms with Crippen molar-refractivity contribution in [3.63, 3.8) is 0 Å². The Kier molecular flexibility index (Phi) is 13.3. The Labute approximate surface area is 190 Å². The number of carboxylic acid groups (broad SMARTS) is 2. The minimum atomic E-state index is -1.54. The van der Waals surface area contributed by atoms with Gasteiger partial charge in [0.15, 0.2) is 0 Å². The number of rotatable bonds is 16. The van der Waals surface area contributed by atoms with Crippen LogP contribution in [0.25, 0.3) is 0 Å². The summed E-state index contributed by atoms with van der Waals surface area (Å²) in [7, 11) is 0. The number of hydrogen-bond donors (Lipinski definition) is 8. The minimum absolute atomic E-state index is 0.0654. The molecule has 0 bridgehead atoms. The molecule has 4 unspecified atom stereocenters. The second kappa shape index (κ2) is 14.7. The van der Waals surface area contributed by atoms with E-state index in [0.29, 0.717) is 0 Å². The van der Waals surface area contributed by atoms with E-state index in [4.69, 9.17) is 16.6 Å². The molecular weight excluding hydrogens is 442 g/mol. The number of hydrogen-bond acceptors (Lipinski definition) is 8. The molecule has 0 rings (SSSR count). The van der Waals surface area contributed by atoms with Crippen LogP contribution in [0.5, 0.6) is 0 Å². The van der Waals surface area contributed by atoms with Gasteiger partial charge in [-0.3, -0.25) is 24.0 Å². The Morgan fingerprint density at radius 3 is 1.76 bits per heavy atom. The number of amides is 4. The molecule has 0 saturated carbocycles. The molecule has 0 fully saturated rings. The van der Waals surface area contributed by atoms with Gasteiger partial charge in [-0.05, 0) is 25.2 Å². The van der Waals surface area contributed by atoms with Crippen molar-refractivity contribution >= 4 is 35.6 Å². The molecular formula is C19H33N5O9. The van der Waals surface area contributed by atoms with E-state index in [2.05, 4.69) is 16.0 Å². The molecule has 0 aromatic rings. The van der Waals surface area contributed by atoms with Gasteiger partial charge in [-0.1, -0.05) is 13.8 Å². The van der Waals surface area contributed by atoms with Crippen LogP contribution in [-0.4, -0.2) is 81.7 Å². The number of carboxylic acids is 2. The van der Waals surface area contributed by atoms with Crippen LogP contribution in [0.1, 0.15) is 46.0 Å². The molecule has 0 heterocycles. The molecule has 0 aliphatic carbocycles. The first-order chi connectivity index (χ1) is 15.3. The van der Waals surface area contributed by atoms with Crippen LogP contribution in [-0.2, 0) is 28.8 Å². The lowest BCUT2D eigenvalue weighted by Gasteiger charge is -2.24. The van der Waals surface area contributed by atoms with Gasteiger partial charge in [-0.15, -0.1) is 0 Å². The minimum Gasteiger partial charge on any atom is -0.481 e. The third-order valence-corrected chi connectivity index (χ3v) is 4.46. The van der Waals surface area contributed by atoms with Crippen LogP contribution >= 0.6 is 0 Å². The zero-order chi connectivity index (χ0) is 25.7. The van der Waals surface area contributed by atoms with E-state index in [1.54, 1.807) is 13.8 Å². The van der Waals surface area contributed by atoms with Crippen LogP contribution in [0, 0.1) is 5.92 Å². The van der Waals surface area contributed by atoms with E-state index in [9.17, 15) is 39.0 Å². The standard InChI is InChI=1S/C19H33N5O9/c1-9(2)7-12(19(32)33)23-17(30)11(4-5-14(21)26)22-18(31)13(8-25)24-16(29)10(20)3-6-15(27)28/h9-13,25H,3-8,20H2,1-2H3,(H2,21,26)(H,22,31)(H,23,30)(H,24,29)(H,27,28)(H,32,33). The summed E-state index contributed by atoms with van der Waals surface area (Å²) in [5.41, 5.74) is 10.7. The van der Waals surface area contributed by atoms with Gasteiger partial charge in [0.05, 0.1) is 12.6 Å². The van der Waals surface area contributed by atoms with Gasteiger partial charge in [0.1, 0.15) is 18.1 Å². The van der Waals surface area contributed by atoms with E-state index >= 15 is 0 Å². The largest absolute Gasteiger partial charge is 0.481 e. The number of aliphatic carboxylic acids is 2. The Morgan fingerprint density at radius 1 is 0.788 bits per heavy atom. The third kappa shape index (κ3) is 12.4. The molecule has 0 radical (unpaired) electrons. The number of aliphatic hydroxyl groups excluding tert-OH is 1. The van der Waals surface area contributed by atoms with Crippen molar-refractivity contribution < 1.29 is 44.1 Å². The Bertz CT molecular complexity index is 728. The number of aliphatic hydroxyl groups is 1. The normalized spacial score (nSPS) is 14.5. The first-order valence-electron chi connectivity index (χ1n) is 10.3. The van der Waals surface area contributed by atoms with Crippen molar-refractivity contribution in [3.8, 4) is 0 Å². The second-order valence-electron chi connectivity index (χ2n) is 7.88. The fourth-order valence-electron chi connectivity index (χ4n) is 2.68. The lowest BCUT2D eigenvalue weighted by atomic mass is 10.0. The second-order valence-corrected chi connectivity index (χ2v) is 7.88. The maximum absolute atomic E-state index is 12.6. The maximum atomic E-state index is 12.6. The number of carbonyl (C=O) groups excluding carboxylic acids is 4. The molecule has 0 aromatic heterocycles. The summed E-state index contributed by atoms with van der Waals surface area (Å²) < 4.78 is 0. The quantitative estimate of drug-likeness (QED) is 0.112. The van der Waals surface area contributed by atoms with E-state index in [1.165, 1.54) is 0 Å². The first kappa shape index (κ1) is 29.7. The van der Waals surface area contributed by atoms with Gasteiger partial charge in [-0.25, -0.2) is 4.79 Å². The Hall–Kier alpha value is -3.26. The summed E-state index contributed by atoms with van der Waals surface area (Å²) >= 11 is 0. The zero-order valence-electron chi connectivity index (χ0n) is 18.6. The van der Waals surface area contributed by atoms with Gasteiger partial charge in [-0.2, -0.15) is 0 Å². The van der Waals surface area contributed by atoms with E-state index in [0.717, 1.165) is 0 Å². The number of nitrogens with two attached hydrogens (primary N) is 2. The summed E-state index contributed by atoms with van der Waals surface area (Å²) in [4.78, 5) is 70.3. The average molecular weight is 475 g/mol. The van der Waals surface area contributed by atoms with E-state index in [1.807, 2.05) is 0 Å². The van der Waals surface area contributed by atoms with E-state index < -0.39 is 66.3 Å². The van der Waals surface area contributed by atoms with Crippen LogP contribution in [0.4, 0.5) is 0 Å². The Morgan fingerprint density at radius 2 is 1.30 bits per heavy atom. The molecule has 10 N–H and O–H groups in total. The zero-order valence-corrected chi connectivity index (χ0v) is 18.6. The summed E-state index contributed by atoms with van der Waals surface area (Å²) in [6, 6.07) is -5.43. The molecule has 14 heteroatoms. The topological polar surface area (TPSA) is 251 Å². The first-order valence-corrected chi connectivity index (χ1v) is 10.3. The highest BCUT2D eigenvalue weighted by molar-refractivity contribution is 5.94. The molecule has 0 spiro atoms. The van der Waals surface area contributed by atoms with Gasteiger partial charge in [0.25, 0.3) is 0 Å². The van der Waals surface area contributed by atoms with Gasteiger partial charge in [0.2, 0.25) is 23.6 Å². The summed E-state index contributed by atoms with van der Waals surface area (Å²) in [6.45, 7) is 2.63. The molecule has 0 saturated heterocycles. The molecule has 14 nitrogen and oxygen atoms in total. The van der Waals surface area contributed by atoms with Crippen molar-refractivity contribution in [2.45, 2.75) is 70.1 Å². The van der Waals surface area contributed by atoms with Crippen molar-refractivity contribution in [3.05, 3.63) is 0 Å². The highest BCUT2D eigenvalue weighted by Gasteiger charge is 2.30. The van der Waals surface area contributed by atoms with Crippen LogP contribution in [0.15, 0.2) is 0 Å². The van der Waals surface area contributed by atoms with Crippen molar-refractivity contribution in [2.24, 2.45) is 17.4 Å². The maximum Gasteiger partial charge on any atom is 0.326 e. The number of primary amides is 1. The smallest absolute Gasteiger partial charge is 0.326 e. The average Bonchev–Trinajstić information content (AvgIpc) is 2.71. The van der Waals surface area contributed by atoms with Crippen LogP contribution in [0.3, 0.4) is 0 Å². The Balaban J connectivity index is 5.30. The number of nitrogens with one attached hydrogen (secondary N) is 3. The lowest BCUT2D eigenvalue weighted by Crippen LogP contribution is -2.58. The third-order valence-electron chi connectivity index (χ3n) is 4.46. The van der Waals surface area contributed by atoms with Crippen LogP contribution in [0.2, 0.25) is 0 Å². The predicted molar refractivity (Wildman–Crippen MR) is 113 cm³/mol. The molecule has 0 aliphatic rings. The fourth-order valence-corrected chi connectivity index (χ4v) is 2.68. The molecule has 4 atom stereocenters. The monoisotopic (exact) mass is 475 g/mol. The SMILES string of the molecule is CC(C)CC(NC(=O)C(CCC(N)=O)NC(=O)C(CO)NC(=O)C(N)CCC(=O)O)C(=O)O. The highest BCUT2D eigenvalue weighted by Crippen LogP contribution is 2.07. The summed E-state index contributed by atoms with van der Waals surface area (Å²) in [5, 5.41) is 34.1. The molecule has 33 heavy (non-hydrogen) atoms. The lowest BCUT2D eigenvalue weighted by molar-refractivity contribution is -0.143. The molecule has 0 aromatic carbocycles. The molecule has 188 valence electrons. The van der Waals surface area contributed by atoms with Crippen molar-refractivity contribution in [2.75, 3.05) is 6.61 Å². The summed E-state index contributed by atoms with van der Waals surface area (Å²) in [6.07, 6.45) is -1.05. The van der Waals surface area contributed by atoms with Crippen molar-refractivity contribution in [1.29, 1.82) is 0 Å². The van der Waals surface area contributed by atoms with Gasteiger partial charge < -0.3 is 42.7 Å².